The van der Waals surface area contributed by atoms with Crippen LogP contribution in [0.5, 0.6) is 0 Å². The normalized spacial score (nSPS) is 28.6. The first-order chi connectivity index (χ1) is 10.5. The lowest BCUT2D eigenvalue weighted by atomic mass is 9.72. The molecule has 0 unspecified atom stereocenters. The van der Waals surface area contributed by atoms with Crippen LogP contribution in [-0.4, -0.2) is 34.7 Å². The molecule has 3 fully saturated rings. The van der Waals surface area contributed by atoms with E-state index in [1.54, 1.807) is 0 Å². The summed E-state index contributed by atoms with van der Waals surface area (Å²) in [4.78, 5) is 2.59. The second-order valence-corrected chi connectivity index (χ2v) is 7.59. The van der Waals surface area contributed by atoms with Gasteiger partial charge in [0.15, 0.2) is 11.4 Å². The van der Waals surface area contributed by atoms with Gasteiger partial charge in [-0.1, -0.05) is 16.8 Å². The first-order valence-corrected chi connectivity index (χ1v) is 8.42. The molecule has 4 heterocycles. The molecule has 1 aromatic carbocycles. The van der Waals surface area contributed by atoms with Gasteiger partial charge in [-0.15, -0.1) is 12.4 Å². The number of anilines is 1. The summed E-state index contributed by atoms with van der Waals surface area (Å²) < 4.78 is 5.54. The Hall–Kier alpha value is -0.970. The molecule has 1 atom stereocenters. The number of rotatable bonds is 2. The smallest absolute Gasteiger partial charge is 0.177 e. The summed E-state index contributed by atoms with van der Waals surface area (Å²) in [5.74, 6) is 1.56. The second kappa shape index (κ2) is 5.83. The number of halogens is 2. The van der Waals surface area contributed by atoms with E-state index < -0.39 is 0 Å². The van der Waals surface area contributed by atoms with Crippen molar-refractivity contribution < 1.29 is 4.52 Å². The predicted octanol–water partition coefficient (Wildman–Crippen LogP) is 4.50. The van der Waals surface area contributed by atoms with Gasteiger partial charge in [0.05, 0.1) is 5.39 Å². The zero-order valence-corrected chi connectivity index (χ0v) is 15.3. The molecule has 0 aliphatic carbocycles. The quantitative estimate of drug-likeness (QED) is 0.861. The van der Waals surface area contributed by atoms with E-state index in [0.717, 1.165) is 27.4 Å². The monoisotopic (exact) mass is 355 g/mol. The van der Waals surface area contributed by atoms with Crippen molar-refractivity contribution in [1.29, 1.82) is 0 Å². The maximum atomic E-state index is 6.17. The van der Waals surface area contributed by atoms with Gasteiger partial charge in [-0.2, -0.15) is 0 Å². The minimum Gasteiger partial charge on any atom is -0.362 e. The van der Waals surface area contributed by atoms with Crippen LogP contribution >= 0.6 is 24.0 Å². The van der Waals surface area contributed by atoms with Crippen molar-refractivity contribution in [2.75, 3.05) is 18.4 Å². The minimum absolute atomic E-state index is 0. The molecule has 5 rings (SSSR count). The lowest BCUT2D eigenvalue weighted by Gasteiger charge is -2.56. The number of piperidine rings is 3. The van der Waals surface area contributed by atoms with E-state index in [4.69, 9.17) is 16.1 Å². The molecule has 3 aliphatic rings. The molecular weight excluding hydrogens is 333 g/mol. The van der Waals surface area contributed by atoms with Gasteiger partial charge in [0.25, 0.3) is 0 Å². The molecule has 4 nitrogen and oxygen atoms in total. The molecule has 126 valence electrons. The number of hydrogen-bond donors (Lipinski definition) is 1. The number of nitrogens with zero attached hydrogens (tertiary/aromatic N) is 2. The fraction of sp³-hybridized carbons (Fsp3) is 0.588. The van der Waals surface area contributed by atoms with Gasteiger partial charge in [-0.25, -0.2) is 0 Å². The lowest BCUT2D eigenvalue weighted by molar-refractivity contribution is -0.0189. The SMILES string of the molecule is Cc1c(Cl)ccc2c(N[C@@H]3C4CCN(CC4)C3(C)C)noc12.Cl. The molecule has 1 N–H and O–H groups in total. The van der Waals surface area contributed by atoms with Gasteiger partial charge in [0, 0.05) is 22.2 Å². The van der Waals surface area contributed by atoms with E-state index in [-0.39, 0.29) is 17.9 Å². The number of aromatic nitrogens is 1. The first kappa shape index (κ1) is 16.9. The molecule has 0 spiro atoms. The van der Waals surface area contributed by atoms with Crippen LogP contribution in [0.3, 0.4) is 0 Å². The van der Waals surface area contributed by atoms with Gasteiger partial charge in [0.2, 0.25) is 0 Å². The van der Waals surface area contributed by atoms with Gasteiger partial charge in [-0.05, 0) is 64.8 Å². The second-order valence-electron chi connectivity index (χ2n) is 7.18. The average Bonchev–Trinajstić information content (AvgIpc) is 2.91. The summed E-state index contributed by atoms with van der Waals surface area (Å²) in [5.41, 5.74) is 1.88. The number of hydrogen-bond acceptors (Lipinski definition) is 4. The molecule has 0 amide bonds. The van der Waals surface area contributed by atoms with Gasteiger partial charge < -0.3 is 9.84 Å². The Morgan fingerprint density at radius 1 is 1.30 bits per heavy atom. The van der Waals surface area contributed by atoms with Crippen LogP contribution in [0, 0.1) is 12.8 Å². The molecule has 2 aromatic rings. The van der Waals surface area contributed by atoms with E-state index in [1.165, 1.54) is 25.9 Å². The van der Waals surface area contributed by atoms with Crippen molar-refractivity contribution in [2.45, 2.75) is 45.2 Å². The van der Waals surface area contributed by atoms with E-state index in [2.05, 4.69) is 29.2 Å². The molecule has 6 heteroatoms. The Bertz CT molecular complexity index is 720. The number of aryl methyl sites for hydroxylation is 1. The van der Waals surface area contributed by atoms with Crippen molar-refractivity contribution in [2.24, 2.45) is 5.92 Å². The van der Waals surface area contributed by atoms with E-state index in [1.807, 2.05) is 19.1 Å². The number of benzene rings is 1. The topological polar surface area (TPSA) is 41.3 Å². The molecule has 0 radical (unpaired) electrons. The molecule has 3 aliphatic heterocycles. The van der Waals surface area contributed by atoms with Crippen molar-refractivity contribution in [3.63, 3.8) is 0 Å². The van der Waals surface area contributed by atoms with Gasteiger partial charge >= 0.3 is 0 Å². The average molecular weight is 356 g/mol. The summed E-state index contributed by atoms with van der Waals surface area (Å²) >= 11 is 6.17. The van der Waals surface area contributed by atoms with Crippen molar-refractivity contribution in [3.05, 3.63) is 22.7 Å². The Kier molecular flexibility index (Phi) is 4.28. The van der Waals surface area contributed by atoms with Crippen LogP contribution in [0.2, 0.25) is 5.02 Å². The summed E-state index contributed by atoms with van der Waals surface area (Å²) in [5, 5.41) is 9.70. The Morgan fingerprint density at radius 2 is 2.00 bits per heavy atom. The highest BCUT2D eigenvalue weighted by Crippen LogP contribution is 2.41. The van der Waals surface area contributed by atoms with E-state index in [0.29, 0.717) is 12.0 Å². The van der Waals surface area contributed by atoms with Crippen LogP contribution in [-0.2, 0) is 0 Å². The third-order valence-corrected chi connectivity index (χ3v) is 6.11. The maximum Gasteiger partial charge on any atom is 0.177 e. The van der Waals surface area contributed by atoms with Gasteiger partial charge in [-0.3, -0.25) is 4.90 Å². The Balaban J connectivity index is 0.00000156. The summed E-state index contributed by atoms with van der Waals surface area (Å²) in [7, 11) is 0. The third kappa shape index (κ3) is 2.51. The minimum atomic E-state index is 0. The zero-order valence-electron chi connectivity index (χ0n) is 13.7. The van der Waals surface area contributed by atoms with E-state index >= 15 is 0 Å². The number of nitrogens with one attached hydrogen (secondary N) is 1. The molecular formula is C17H23Cl2N3O. The van der Waals surface area contributed by atoms with E-state index in [9.17, 15) is 0 Å². The van der Waals surface area contributed by atoms with Crippen molar-refractivity contribution >= 4 is 40.8 Å². The third-order valence-electron chi connectivity index (χ3n) is 5.70. The Morgan fingerprint density at radius 3 is 2.65 bits per heavy atom. The molecule has 1 aromatic heterocycles. The van der Waals surface area contributed by atoms with Crippen molar-refractivity contribution in [3.8, 4) is 0 Å². The lowest BCUT2D eigenvalue weighted by Crippen LogP contribution is -2.66. The van der Waals surface area contributed by atoms with Crippen LogP contribution in [0.4, 0.5) is 5.82 Å². The van der Waals surface area contributed by atoms with Crippen molar-refractivity contribution in [1.82, 2.24) is 10.1 Å². The van der Waals surface area contributed by atoms with Crippen LogP contribution in [0.25, 0.3) is 11.0 Å². The first-order valence-electron chi connectivity index (χ1n) is 8.04. The maximum absolute atomic E-state index is 6.17. The van der Waals surface area contributed by atoms with Crippen LogP contribution in [0.1, 0.15) is 32.3 Å². The predicted molar refractivity (Wildman–Crippen MR) is 96.8 cm³/mol. The Labute approximate surface area is 147 Å². The summed E-state index contributed by atoms with van der Waals surface area (Å²) in [6.07, 6.45) is 2.53. The summed E-state index contributed by atoms with van der Waals surface area (Å²) in [6.45, 7) is 9.06. The number of fused-ring (bicyclic) bond motifs is 4. The molecule has 0 saturated carbocycles. The highest BCUT2D eigenvalue weighted by atomic mass is 35.5. The fourth-order valence-corrected chi connectivity index (χ4v) is 4.39. The van der Waals surface area contributed by atoms with Crippen LogP contribution < -0.4 is 5.32 Å². The highest BCUT2D eigenvalue weighted by Gasteiger charge is 2.47. The fourth-order valence-electron chi connectivity index (χ4n) is 4.24. The molecule has 2 bridgehead atoms. The van der Waals surface area contributed by atoms with Crippen LogP contribution in [0.15, 0.2) is 16.7 Å². The highest BCUT2D eigenvalue weighted by molar-refractivity contribution is 6.32. The van der Waals surface area contributed by atoms with Gasteiger partial charge in [0.1, 0.15) is 0 Å². The standard InChI is InChI=1S/C17H22ClN3O.ClH/c1-10-13(18)5-4-12-14(10)22-20-16(12)19-15-11-6-8-21(9-7-11)17(15,2)3;/h4-5,11,15H,6-9H2,1-3H3,(H,19,20);1H/t15-;/m1./s1. The molecule has 3 saturated heterocycles. The summed E-state index contributed by atoms with van der Waals surface area (Å²) in [6, 6.07) is 4.32. The molecule has 23 heavy (non-hydrogen) atoms. The zero-order chi connectivity index (χ0) is 15.5. The largest absolute Gasteiger partial charge is 0.362 e.